The summed E-state index contributed by atoms with van der Waals surface area (Å²) in [6.45, 7) is 2.18. The van der Waals surface area contributed by atoms with Gasteiger partial charge in [-0.05, 0) is 36.8 Å². The van der Waals surface area contributed by atoms with Crippen molar-refractivity contribution in [2.45, 2.75) is 13.5 Å². The molecule has 7 nitrogen and oxygen atoms in total. The Morgan fingerprint density at radius 3 is 2.88 bits per heavy atom. The van der Waals surface area contributed by atoms with E-state index in [1.54, 1.807) is 29.4 Å². The van der Waals surface area contributed by atoms with E-state index < -0.39 is 0 Å². The van der Waals surface area contributed by atoms with Gasteiger partial charge >= 0.3 is 0 Å². The van der Waals surface area contributed by atoms with Crippen LogP contribution in [0.2, 0.25) is 0 Å². The van der Waals surface area contributed by atoms with Gasteiger partial charge in [0.25, 0.3) is 5.91 Å². The molecular formula is C17H14N4O3. The first kappa shape index (κ1) is 14.4. The molecule has 0 bridgehead atoms. The second-order valence-electron chi connectivity index (χ2n) is 5.49. The van der Waals surface area contributed by atoms with Gasteiger partial charge in [0, 0.05) is 18.0 Å². The molecule has 0 fully saturated rings. The number of fused-ring (bicyclic) bond motifs is 1. The summed E-state index contributed by atoms with van der Waals surface area (Å²) in [5, 5.41) is 3.96. The molecule has 2 aromatic heterocycles. The first-order valence-electron chi connectivity index (χ1n) is 7.47. The van der Waals surface area contributed by atoms with Crippen LogP contribution in [0.4, 0.5) is 5.69 Å². The molecule has 0 atom stereocenters. The van der Waals surface area contributed by atoms with Crippen LogP contribution in [0.15, 0.2) is 47.2 Å². The number of carbonyl (C=O) groups is 1. The van der Waals surface area contributed by atoms with Gasteiger partial charge < -0.3 is 9.26 Å². The molecule has 1 aromatic carbocycles. The van der Waals surface area contributed by atoms with E-state index in [2.05, 4.69) is 15.1 Å². The van der Waals surface area contributed by atoms with Crippen molar-refractivity contribution in [3.63, 3.8) is 0 Å². The van der Waals surface area contributed by atoms with Gasteiger partial charge in [-0.25, -0.2) is 0 Å². The third-order valence-corrected chi connectivity index (χ3v) is 3.76. The van der Waals surface area contributed by atoms with Crippen LogP contribution in [-0.4, -0.2) is 27.6 Å². The van der Waals surface area contributed by atoms with E-state index in [1.165, 1.54) is 0 Å². The lowest BCUT2D eigenvalue weighted by Gasteiger charge is -2.28. The molecule has 0 unspecified atom stereocenters. The smallest absolute Gasteiger partial charge is 0.265 e. The van der Waals surface area contributed by atoms with Crippen molar-refractivity contribution in [3.05, 3.63) is 54.2 Å². The largest absolute Gasteiger partial charge is 0.482 e. The minimum absolute atomic E-state index is 0.00179. The highest BCUT2D eigenvalue weighted by atomic mass is 16.5. The Labute approximate surface area is 137 Å². The van der Waals surface area contributed by atoms with E-state index >= 15 is 0 Å². The molecule has 120 valence electrons. The van der Waals surface area contributed by atoms with Gasteiger partial charge in [0.15, 0.2) is 6.61 Å². The van der Waals surface area contributed by atoms with Crippen molar-refractivity contribution in [2.75, 3.05) is 11.5 Å². The van der Waals surface area contributed by atoms with E-state index in [-0.39, 0.29) is 19.1 Å². The number of amides is 1. The predicted molar refractivity (Wildman–Crippen MR) is 85.4 cm³/mol. The van der Waals surface area contributed by atoms with Crippen LogP contribution in [0, 0.1) is 6.92 Å². The molecule has 0 saturated carbocycles. The Morgan fingerprint density at radius 2 is 2.04 bits per heavy atom. The minimum atomic E-state index is -0.144. The number of anilines is 1. The maximum atomic E-state index is 12.2. The number of hydrogen-bond donors (Lipinski definition) is 0. The minimum Gasteiger partial charge on any atom is -0.482 e. The monoisotopic (exact) mass is 322 g/mol. The molecule has 1 aliphatic heterocycles. The fourth-order valence-electron chi connectivity index (χ4n) is 2.56. The second kappa shape index (κ2) is 5.77. The third-order valence-electron chi connectivity index (χ3n) is 3.76. The van der Waals surface area contributed by atoms with E-state index in [9.17, 15) is 4.79 Å². The van der Waals surface area contributed by atoms with Crippen molar-refractivity contribution in [1.82, 2.24) is 15.1 Å². The van der Waals surface area contributed by atoms with Gasteiger partial charge in [0.2, 0.25) is 11.7 Å². The average Bonchev–Trinajstić information content (AvgIpc) is 3.07. The lowest BCUT2D eigenvalue weighted by atomic mass is 10.1. The third kappa shape index (κ3) is 2.60. The van der Waals surface area contributed by atoms with E-state index in [4.69, 9.17) is 9.26 Å². The summed E-state index contributed by atoms with van der Waals surface area (Å²) >= 11 is 0. The summed E-state index contributed by atoms with van der Waals surface area (Å²) in [6, 6.07) is 9.30. The number of pyridine rings is 1. The van der Waals surface area contributed by atoms with Crippen molar-refractivity contribution >= 4 is 11.6 Å². The first-order chi connectivity index (χ1) is 11.7. The highest BCUT2D eigenvalue weighted by Gasteiger charge is 2.27. The van der Waals surface area contributed by atoms with Gasteiger partial charge in [-0.3, -0.25) is 14.7 Å². The molecule has 3 aromatic rings. The topological polar surface area (TPSA) is 81.4 Å². The summed E-state index contributed by atoms with van der Waals surface area (Å²) in [5.41, 5.74) is 2.59. The van der Waals surface area contributed by atoms with Gasteiger partial charge in [0.05, 0.1) is 5.69 Å². The summed E-state index contributed by atoms with van der Waals surface area (Å²) in [6.07, 6.45) is 3.32. The number of aryl methyl sites for hydroxylation is 1. The highest BCUT2D eigenvalue weighted by molar-refractivity contribution is 5.97. The van der Waals surface area contributed by atoms with Crippen molar-refractivity contribution in [2.24, 2.45) is 0 Å². The molecule has 0 aliphatic carbocycles. The Bertz CT molecular complexity index is 892. The molecule has 0 saturated heterocycles. The zero-order valence-electron chi connectivity index (χ0n) is 13.0. The molecule has 0 spiro atoms. The average molecular weight is 322 g/mol. The van der Waals surface area contributed by atoms with Crippen LogP contribution in [-0.2, 0) is 11.3 Å². The van der Waals surface area contributed by atoms with E-state index in [0.29, 0.717) is 23.2 Å². The Kier molecular flexibility index (Phi) is 3.45. The maximum absolute atomic E-state index is 12.2. The lowest BCUT2D eigenvalue weighted by molar-refractivity contribution is -0.121. The first-order valence-corrected chi connectivity index (χ1v) is 7.47. The van der Waals surface area contributed by atoms with Crippen LogP contribution < -0.4 is 9.64 Å². The van der Waals surface area contributed by atoms with Crippen LogP contribution >= 0.6 is 0 Å². The highest BCUT2D eigenvalue weighted by Crippen LogP contribution is 2.33. The molecule has 4 rings (SSSR count). The van der Waals surface area contributed by atoms with E-state index in [0.717, 1.165) is 11.1 Å². The predicted octanol–water partition coefficient (Wildman–Crippen LogP) is 2.37. The number of ether oxygens (including phenoxy) is 1. The molecule has 0 N–H and O–H groups in total. The van der Waals surface area contributed by atoms with Crippen molar-refractivity contribution in [3.8, 4) is 17.1 Å². The number of rotatable bonds is 3. The molecule has 24 heavy (non-hydrogen) atoms. The Balaban J connectivity index is 1.62. The molecule has 7 heteroatoms. The standard InChI is InChI=1S/C17H14N4O3/c1-11-2-3-13-14(8-11)23-10-16(22)21(13)9-15-19-17(20-24-15)12-4-6-18-7-5-12/h2-8H,9-10H2,1H3. The molecular weight excluding hydrogens is 308 g/mol. The van der Waals surface area contributed by atoms with Crippen LogP contribution in [0.25, 0.3) is 11.4 Å². The number of hydrogen-bond acceptors (Lipinski definition) is 6. The molecule has 1 aliphatic rings. The summed E-state index contributed by atoms with van der Waals surface area (Å²) in [4.78, 5) is 22.1. The van der Waals surface area contributed by atoms with Gasteiger partial charge in [-0.2, -0.15) is 4.98 Å². The van der Waals surface area contributed by atoms with Crippen LogP contribution in [0.3, 0.4) is 0 Å². The fourth-order valence-corrected chi connectivity index (χ4v) is 2.56. The zero-order valence-corrected chi connectivity index (χ0v) is 13.0. The van der Waals surface area contributed by atoms with Crippen molar-refractivity contribution in [1.29, 1.82) is 0 Å². The van der Waals surface area contributed by atoms with E-state index in [1.807, 2.05) is 25.1 Å². The lowest BCUT2D eigenvalue weighted by Crippen LogP contribution is -2.38. The fraction of sp³-hybridized carbons (Fsp3) is 0.176. The maximum Gasteiger partial charge on any atom is 0.265 e. The summed E-state index contributed by atoms with van der Waals surface area (Å²) in [5.74, 6) is 1.37. The van der Waals surface area contributed by atoms with Gasteiger partial charge in [0.1, 0.15) is 12.3 Å². The normalized spacial score (nSPS) is 13.5. The second-order valence-corrected chi connectivity index (χ2v) is 5.49. The summed E-state index contributed by atoms with van der Waals surface area (Å²) < 4.78 is 10.8. The van der Waals surface area contributed by atoms with Crippen LogP contribution in [0.1, 0.15) is 11.5 Å². The molecule has 1 amide bonds. The number of carbonyl (C=O) groups excluding carboxylic acids is 1. The SMILES string of the molecule is Cc1ccc2c(c1)OCC(=O)N2Cc1nc(-c2ccncc2)no1. The molecule has 3 heterocycles. The van der Waals surface area contributed by atoms with Gasteiger partial charge in [-0.15, -0.1) is 0 Å². The zero-order chi connectivity index (χ0) is 16.5. The quantitative estimate of drug-likeness (QED) is 0.736. The number of benzene rings is 1. The summed E-state index contributed by atoms with van der Waals surface area (Å²) in [7, 11) is 0. The molecule has 0 radical (unpaired) electrons. The number of nitrogens with zero attached hydrogens (tertiary/aromatic N) is 4. The van der Waals surface area contributed by atoms with Crippen molar-refractivity contribution < 1.29 is 14.1 Å². The van der Waals surface area contributed by atoms with Crippen LogP contribution in [0.5, 0.6) is 5.75 Å². The van der Waals surface area contributed by atoms with Gasteiger partial charge in [-0.1, -0.05) is 11.2 Å². The number of aromatic nitrogens is 3. The Morgan fingerprint density at radius 1 is 1.21 bits per heavy atom. The Hall–Kier alpha value is -3.22.